The first kappa shape index (κ1) is 14.0. The van der Waals surface area contributed by atoms with E-state index in [0.29, 0.717) is 17.8 Å². The largest absolute Gasteiger partial charge is 0.452 e. The van der Waals surface area contributed by atoms with Crippen LogP contribution in [0.1, 0.15) is 22.8 Å². The maximum absolute atomic E-state index is 11.8. The van der Waals surface area contributed by atoms with Gasteiger partial charge in [-0.3, -0.25) is 4.79 Å². The Bertz CT molecular complexity index is 458. The number of carbonyl (C=O) groups is 2. The van der Waals surface area contributed by atoms with Crippen molar-refractivity contribution >= 4 is 17.6 Å². The Balaban J connectivity index is 2.66. The minimum Gasteiger partial charge on any atom is -0.452 e. The number of esters is 1. The van der Waals surface area contributed by atoms with E-state index in [1.165, 1.54) is 4.90 Å². The van der Waals surface area contributed by atoms with Gasteiger partial charge in [0.1, 0.15) is 0 Å². The molecule has 0 aliphatic carbocycles. The van der Waals surface area contributed by atoms with Gasteiger partial charge in [0.25, 0.3) is 5.91 Å². The molecule has 18 heavy (non-hydrogen) atoms. The van der Waals surface area contributed by atoms with Crippen LogP contribution in [-0.2, 0) is 9.53 Å². The fraction of sp³-hybridized carbons (Fsp3) is 0.385. The fourth-order valence-electron chi connectivity index (χ4n) is 1.34. The molecule has 1 aromatic rings. The molecule has 0 saturated heterocycles. The number of nitrogens with zero attached hydrogens (tertiary/aromatic N) is 1. The molecule has 0 bridgehead atoms. The van der Waals surface area contributed by atoms with Crippen LogP contribution in [0, 0.1) is 6.92 Å². The number of hydrogen-bond donors (Lipinski definition) is 1. The standard InChI is InChI=1S/C13H18N2O3/c1-4-15(3)12(16)8-18-13(17)10-7-9(2)5-6-11(10)14/h5-7H,4,8,14H2,1-3H3. The van der Waals surface area contributed by atoms with E-state index in [-0.39, 0.29) is 12.5 Å². The molecule has 0 aliphatic heterocycles. The number of hydrogen-bond acceptors (Lipinski definition) is 4. The number of benzene rings is 1. The topological polar surface area (TPSA) is 72.6 Å². The SMILES string of the molecule is CCN(C)C(=O)COC(=O)c1cc(C)ccc1N. The average Bonchev–Trinajstić information content (AvgIpc) is 2.37. The van der Waals surface area contributed by atoms with Crippen molar-refractivity contribution in [2.75, 3.05) is 25.9 Å². The zero-order valence-corrected chi connectivity index (χ0v) is 10.9. The van der Waals surface area contributed by atoms with Crippen molar-refractivity contribution in [2.45, 2.75) is 13.8 Å². The lowest BCUT2D eigenvalue weighted by molar-refractivity contribution is -0.133. The smallest absolute Gasteiger partial charge is 0.340 e. The monoisotopic (exact) mass is 250 g/mol. The van der Waals surface area contributed by atoms with Gasteiger partial charge in [-0.2, -0.15) is 0 Å². The van der Waals surface area contributed by atoms with E-state index in [0.717, 1.165) is 5.56 Å². The van der Waals surface area contributed by atoms with E-state index in [9.17, 15) is 9.59 Å². The maximum Gasteiger partial charge on any atom is 0.340 e. The van der Waals surface area contributed by atoms with Gasteiger partial charge < -0.3 is 15.4 Å². The van der Waals surface area contributed by atoms with E-state index >= 15 is 0 Å². The van der Waals surface area contributed by atoms with Gasteiger partial charge in [0.15, 0.2) is 6.61 Å². The highest BCUT2D eigenvalue weighted by Crippen LogP contribution is 2.14. The molecule has 2 N–H and O–H groups in total. The molecule has 1 aromatic carbocycles. The lowest BCUT2D eigenvalue weighted by atomic mass is 10.1. The summed E-state index contributed by atoms with van der Waals surface area (Å²) >= 11 is 0. The Morgan fingerprint density at radius 3 is 2.67 bits per heavy atom. The number of rotatable bonds is 4. The lowest BCUT2D eigenvalue weighted by Crippen LogP contribution is -2.31. The Morgan fingerprint density at radius 2 is 2.06 bits per heavy atom. The summed E-state index contributed by atoms with van der Waals surface area (Å²) in [6.07, 6.45) is 0. The molecule has 0 aliphatic rings. The molecule has 0 fully saturated rings. The normalized spacial score (nSPS) is 9.94. The lowest BCUT2D eigenvalue weighted by Gasteiger charge is -2.14. The van der Waals surface area contributed by atoms with Crippen LogP contribution in [0.25, 0.3) is 0 Å². The van der Waals surface area contributed by atoms with Gasteiger partial charge in [-0.1, -0.05) is 11.6 Å². The second kappa shape index (κ2) is 6.05. The van der Waals surface area contributed by atoms with Crippen LogP contribution in [0.5, 0.6) is 0 Å². The van der Waals surface area contributed by atoms with E-state index in [2.05, 4.69) is 0 Å². The first-order valence-electron chi connectivity index (χ1n) is 5.73. The predicted molar refractivity (Wildman–Crippen MR) is 69.2 cm³/mol. The zero-order chi connectivity index (χ0) is 13.7. The minimum atomic E-state index is -0.575. The van der Waals surface area contributed by atoms with Gasteiger partial charge in [-0.05, 0) is 26.0 Å². The van der Waals surface area contributed by atoms with Gasteiger partial charge in [0, 0.05) is 19.3 Å². The summed E-state index contributed by atoms with van der Waals surface area (Å²) in [5, 5.41) is 0. The summed E-state index contributed by atoms with van der Waals surface area (Å²) in [5.74, 6) is -0.814. The quantitative estimate of drug-likeness (QED) is 0.644. The van der Waals surface area contributed by atoms with Crippen LogP contribution in [0.3, 0.4) is 0 Å². The third kappa shape index (κ3) is 3.48. The molecule has 0 saturated carbocycles. The molecule has 0 aromatic heterocycles. The van der Waals surface area contributed by atoms with E-state index in [1.807, 2.05) is 19.9 Å². The van der Waals surface area contributed by atoms with E-state index in [1.54, 1.807) is 19.2 Å². The van der Waals surface area contributed by atoms with Gasteiger partial charge in [0.05, 0.1) is 5.56 Å². The zero-order valence-electron chi connectivity index (χ0n) is 10.9. The third-order valence-electron chi connectivity index (χ3n) is 2.66. The van der Waals surface area contributed by atoms with Crippen LogP contribution >= 0.6 is 0 Å². The Kier molecular flexibility index (Phi) is 4.71. The number of aryl methyl sites for hydroxylation is 1. The Morgan fingerprint density at radius 1 is 1.39 bits per heavy atom. The summed E-state index contributed by atoms with van der Waals surface area (Å²) in [5.41, 5.74) is 7.24. The molecule has 5 nitrogen and oxygen atoms in total. The second-order valence-corrected chi connectivity index (χ2v) is 4.07. The highest BCUT2D eigenvalue weighted by molar-refractivity contribution is 5.96. The molecule has 5 heteroatoms. The number of amides is 1. The number of nitrogen functional groups attached to an aromatic ring is 1. The summed E-state index contributed by atoms with van der Waals surface area (Å²) in [7, 11) is 1.65. The minimum absolute atomic E-state index is 0.239. The van der Waals surface area contributed by atoms with Gasteiger partial charge in [0.2, 0.25) is 0 Å². The average molecular weight is 250 g/mol. The first-order valence-corrected chi connectivity index (χ1v) is 5.73. The second-order valence-electron chi connectivity index (χ2n) is 4.07. The van der Waals surface area contributed by atoms with Crippen LogP contribution in [0.4, 0.5) is 5.69 Å². The van der Waals surface area contributed by atoms with Crippen molar-refractivity contribution in [3.63, 3.8) is 0 Å². The van der Waals surface area contributed by atoms with Crippen molar-refractivity contribution in [1.29, 1.82) is 0 Å². The molecule has 1 amide bonds. The third-order valence-corrected chi connectivity index (χ3v) is 2.66. The highest BCUT2D eigenvalue weighted by atomic mass is 16.5. The van der Waals surface area contributed by atoms with Crippen LogP contribution in [-0.4, -0.2) is 37.0 Å². The molecule has 0 unspecified atom stereocenters. The number of likely N-dealkylation sites (N-methyl/N-ethyl adjacent to an activating group) is 1. The van der Waals surface area contributed by atoms with Crippen molar-refractivity contribution < 1.29 is 14.3 Å². The van der Waals surface area contributed by atoms with Crippen LogP contribution < -0.4 is 5.73 Å². The van der Waals surface area contributed by atoms with Crippen LogP contribution in [0.15, 0.2) is 18.2 Å². The van der Waals surface area contributed by atoms with Crippen molar-refractivity contribution in [1.82, 2.24) is 4.90 Å². The summed E-state index contributed by atoms with van der Waals surface area (Å²) in [4.78, 5) is 24.7. The predicted octanol–water partition coefficient (Wildman–Crippen LogP) is 1.21. The number of carbonyl (C=O) groups excluding carboxylic acids is 2. The number of nitrogens with two attached hydrogens (primary N) is 1. The maximum atomic E-state index is 11.8. The van der Waals surface area contributed by atoms with Crippen molar-refractivity contribution in [2.24, 2.45) is 0 Å². The Labute approximate surface area is 107 Å². The molecule has 98 valence electrons. The number of ether oxygens (including phenoxy) is 1. The van der Waals surface area contributed by atoms with E-state index < -0.39 is 5.97 Å². The van der Waals surface area contributed by atoms with Gasteiger partial charge in [-0.15, -0.1) is 0 Å². The summed E-state index contributed by atoms with van der Waals surface area (Å²) in [6, 6.07) is 5.10. The summed E-state index contributed by atoms with van der Waals surface area (Å²) < 4.78 is 4.94. The molecule has 0 radical (unpaired) electrons. The molecule has 1 rings (SSSR count). The number of anilines is 1. The fourth-order valence-corrected chi connectivity index (χ4v) is 1.34. The van der Waals surface area contributed by atoms with Crippen molar-refractivity contribution in [3.8, 4) is 0 Å². The van der Waals surface area contributed by atoms with Gasteiger partial charge >= 0.3 is 5.97 Å². The molecule has 0 atom stereocenters. The first-order chi connectivity index (χ1) is 8.45. The summed E-state index contributed by atoms with van der Waals surface area (Å²) in [6.45, 7) is 4.00. The van der Waals surface area contributed by atoms with Crippen molar-refractivity contribution in [3.05, 3.63) is 29.3 Å². The van der Waals surface area contributed by atoms with Crippen LogP contribution in [0.2, 0.25) is 0 Å². The molecular formula is C13H18N2O3. The molecule has 0 heterocycles. The molecule has 0 spiro atoms. The molecular weight excluding hydrogens is 232 g/mol. The van der Waals surface area contributed by atoms with Gasteiger partial charge in [-0.25, -0.2) is 4.79 Å². The Hall–Kier alpha value is -2.04. The van der Waals surface area contributed by atoms with E-state index in [4.69, 9.17) is 10.5 Å². The highest BCUT2D eigenvalue weighted by Gasteiger charge is 2.14.